The molecule has 0 aliphatic rings. The predicted octanol–water partition coefficient (Wildman–Crippen LogP) is 2.67. The Morgan fingerprint density at radius 3 is 1.93 bits per heavy atom. The fraction of sp³-hybridized carbons (Fsp3) is 0.533. The summed E-state index contributed by atoms with van der Waals surface area (Å²) in [5, 5.41) is 0. The molecule has 1 atom stereocenters. The molecule has 0 aliphatic carbocycles. The molecule has 1 aromatic rings. The lowest BCUT2D eigenvalue weighted by molar-refractivity contribution is -0.158. The van der Waals surface area contributed by atoms with Gasteiger partial charge in [0.15, 0.2) is 9.84 Å². The van der Waals surface area contributed by atoms with E-state index < -0.39 is 54.5 Å². The molecule has 0 amide bonds. The lowest BCUT2D eigenvalue weighted by Crippen LogP contribution is -2.31. The maximum atomic E-state index is 12.3. The van der Waals surface area contributed by atoms with Crippen molar-refractivity contribution < 1.29 is 43.7 Å². The summed E-state index contributed by atoms with van der Waals surface area (Å²) in [5.41, 5.74) is -6.40. The summed E-state index contributed by atoms with van der Waals surface area (Å²) < 4.78 is 92.3. The van der Waals surface area contributed by atoms with Crippen LogP contribution in [0.3, 0.4) is 0 Å². The number of hydrogen-bond acceptors (Lipinski definition) is 7. The number of ether oxygens (including phenoxy) is 1. The van der Waals surface area contributed by atoms with Gasteiger partial charge in [-0.1, -0.05) is 6.92 Å². The maximum absolute atomic E-state index is 12.3. The summed E-state index contributed by atoms with van der Waals surface area (Å²) >= 11 is 0. The summed E-state index contributed by atoms with van der Waals surface area (Å²) in [4.78, 5) is 11.6. The molecule has 0 radical (unpaired) electrons. The van der Waals surface area contributed by atoms with Crippen molar-refractivity contribution in [2.24, 2.45) is 5.92 Å². The number of esters is 1. The summed E-state index contributed by atoms with van der Waals surface area (Å²) in [6.45, 7) is 6.23. The lowest BCUT2D eigenvalue weighted by atomic mass is 10.1. The topological polar surface area (TPSA) is 104 Å². The maximum Gasteiger partial charge on any atom is 0.534 e. The second kappa shape index (κ2) is 7.66. The predicted molar refractivity (Wildman–Crippen MR) is 89.1 cm³/mol. The first kappa shape index (κ1) is 23.2. The molecule has 0 aliphatic heterocycles. The highest BCUT2D eigenvalue weighted by molar-refractivity contribution is 7.91. The first-order chi connectivity index (χ1) is 11.9. The average molecular weight is 432 g/mol. The Kier molecular flexibility index (Phi) is 6.59. The van der Waals surface area contributed by atoms with Crippen molar-refractivity contribution in [2.75, 3.05) is 5.75 Å². The number of hydrogen-bond donors (Lipinski definition) is 0. The Hall–Kier alpha value is -1.82. The van der Waals surface area contributed by atoms with Gasteiger partial charge in [0.05, 0.1) is 16.6 Å². The van der Waals surface area contributed by atoms with Gasteiger partial charge in [0.25, 0.3) is 0 Å². The molecule has 0 heterocycles. The molecule has 12 heteroatoms. The summed E-state index contributed by atoms with van der Waals surface area (Å²) in [5.74, 6) is -3.01. The van der Waals surface area contributed by atoms with Crippen LogP contribution in [-0.2, 0) is 29.5 Å². The van der Waals surface area contributed by atoms with E-state index >= 15 is 0 Å². The second-order valence-corrected chi connectivity index (χ2v) is 10.2. The zero-order chi connectivity index (χ0) is 21.3. The van der Waals surface area contributed by atoms with E-state index in [9.17, 15) is 34.8 Å². The van der Waals surface area contributed by atoms with Gasteiger partial charge in [-0.05, 0) is 45.0 Å². The molecule has 0 bridgehead atoms. The Morgan fingerprint density at radius 1 is 1.04 bits per heavy atom. The standard InChI is InChI=1S/C15H19F3O7S2/c1-10(13(19)24-14(2,3)4)9-26(20,21)12-7-5-11(6-8-12)25-27(22,23)15(16,17)18/h5-8,10H,9H2,1-4H3. The van der Waals surface area contributed by atoms with E-state index in [2.05, 4.69) is 4.18 Å². The zero-order valence-electron chi connectivity index (χ0n) is 14.9. The second-order valence-electron chi connectivity index (χ2n) is 6.67. The van der Waals surface area contributed by atoms with Crippen LogP contribution >= 0.6 is 0 Å². The smallest absolute Gasteiger partial charge is 0.460 e. The third-order valence-electron chi connectivity index (χ3n) is 2.95. The van der Waals surface area contributed by atoms with Crippen molar-refractivity contribution in [3.05, 3.63) is 24.3 Å². The Labute approximate surface area is 155 Å². The molecular weight excluding hydrogens is 413 g/mol. The fourth-order valence-electron chi connectivity index (χ4n) is 1.77. The lowest BCUT2D eigenvalue weighted by Gasteiger charge is -2.22. The van der Waals surface area contributed by atoms with E-state index in [0.717, 1.165) is 24.3 Å². The number of carbonyl (C=O) groups excluding carboxylic acids is 1. The number of halogens is 3. The summed E-state index contributed by atoms with van der Waals surface area (Å²) in [6, 6.07) is 3.32. The van der Waals surface area contributed by atoms with E-state index in [4.69, 9.17) is 4.74 Å². The molecule has 0 saturated carbocycles. The summed E-state index contributed by atoms with van der Waals surface area (Å²) in [7, 11) is -9.83. The SMILES string of the molecule is CC(CS(=O)(=O)c1ccc(OS(=O)(=O)C(F)(F)F)cc1)C(=O)OC(C)(C)C. The quantitative estimate of drug-likeness (QED) is 0.387. The number of carbonyl (C=O) groups is 1. The fourth-order valence-corrected chi connectivity index (χ4v) is 3.77. The van der Waals surface area contributed by atoms with Crippen molar-refractivity contribution in [3.63, 3.8) is 0 Å². The van der Waals surface area contributed by atoms with E-state index in [-0.39, 0.29) is 4.90 Å². The third kappa shape index (κ3) is 6.69. The van der Waals surface area contributed by atoms with E-state index in [1.807, 2.05) is 0 Å². The molecule has 0 spiro atoms. The van der Waals surface area contributed by atoms with Crippen molar-refractivity contribution in [2.45, 2.75) is 43.7 Å². The monoisotopic (exact) mass is 432 g/mol. The molecule has 1 aromatic carbocycles. The van der Waals surface area contributed by atoms with Crippen molar-refractivity contribution in [1.29, 1.82) is 0 Å². The zero-order valence-corrected chi connectivity index (χ0v) is 16.5. The van der Waals surface area contributed by atoms with Crippen molar-refractivity contribution in [3.8, 4) is 5.75 Å². The Morgan fingerprint density at radius 2 is 1.52 bits per heavy atom. The van der Waals surface area contributed by atoms with Gasteiger partial charge in [-0.25, -0.2) is 8.42 Å². The van der Waals surface area contributed by atoms with Gasteiger partial charge in [0, 0.05) is 0 Å². The van der Waals surface area contributed by atoms with Gasteiger partial charge in [0.1, 0.15) is 11.4 Å². The highest BCUT2D eigenvalue weighted by Gasteiger charge is 2.48. The summed E-state index contributed by atoms with van der Waals surface area (Å²) in [6.07, 6.45) is 0. The molecule has 1 unspecified atom stereocenters. The van der Waals surface area contributed by atoms with E-state index in [1.54, 1.807) is 20.8 Å². The van der Waals surface area contributed by atoms with Gasteiger partial charge < -0.3 is 8.92 Å². The van der Waals surface area contributed by atoms with Crippen LogP contribution in [0.25, 0.3) is 0 Å². The van der Waals surface area contributed by atoms with Crippen LogP contribution in [0.15, 0.2) is 29.2 Å². The molecule has 0 aromatic heterocycles. The minimum absolute atomic E-state index is 0.310. The third-order valence-corrected chi connectivity index (χ3v) is 5.86. The highest BCUT2D eigenvalue weighted by Crippen LogP contribution is 2.28. The van der Waals surface area contributed by atoms with Gasteiger partial charge in [-0.3, -0.25) is 4.79 Å². The van der Waals surface area contributed by atoms with E-state index in [1.165, 1.54) is 6.92 Å². The number of rotatable bonds is 6. The molecule has 0 saturated heterocycles. The minimum atomic E-state index is -5.86. The normalized spacial score (nSPS) is 14.5. The van der Waals surface area contributed by atoms with Crippen LogP contribution in [0.1, 0.15) is 27.7 Å². The van der Waals surface area contributed by atoms with Crippen molar-refractivity contribution in [1.82, 2.24) is 0 Å². The molecule has 154 valence electrons. The largest absolute Gasteiger partial charge is 0.534 e. The van der Waals surface area contributed by atoms with E-state index in [0.29, 0.717) is 0 Å². The molecule has 1 rings (SSSR count). The van der Waals surface area contributed by atoms with Crippen LogP contribution in [-0.4, -0.2) is 39.7 Å². The van der Waals surface area contributed by atoms with Gasteiger partial charge in [-0.2, -0.15) is 21.6 Å². The van der Waals surface area contributed by atoms with Gasteiger partial charge >= 0.3 is 21.6 Å². The first-order valence-corrected chi connectivity index (χ1v) is 10.6. The van der Waals surface area contributed by atoms with Crippen LogP contribution in [0, 0.1) is 5.92 Å². The van der Waals surface area contributed by atoms with Crippen LogP contribution in [0.2, 0.25) is 0 Å². The van der Waals surface area contributed by atoms with Crippen LogP contribution in [0.5, 0.6) is 5.75 Å². The Balaban J connectivity index is 2.92. The van der Waals surface area contributed by atoms with Crippen molar-refractivity contribution >= 4 is 25.9 Å². The number of benzene rings is 1. The number of alkyl halides is 3. The van der Waals surface area contributed by atoms with Crippen LogP contribution < -0.4 is 4.18 Å². The highest BCUT2D eigenvalue weighted by atomic mass is 32.2. The molecule has 0 fully saturated rings. The minimum Gasteiger partial charge on any atom is -0.460 e. The molecule has 7 nitrogen and oxygen atoms in total. The molecular formula is C15H19F3O7S2. The van der Waals surface area contributed by atoms with Gasteiger partial charge in [-0.15, -0.1) is 0 Å². The first-order valence-electron chi connectivity index (χ1n) is 7.51. The van der Waals surface area contributed by atoms with Crippen LogP contribution in [0.4, 0.5) is 13.2 Å². The Bertz CT molecular complexity index is 881. The van der Waals surface area contributed by atoms with Gasteiger partial charge in [0.2, 0.25) is 0 Å². The average Bonchev–Trinajstić information content (AvgIpc) is 2.43. The molecule has 0 N–H and O–H groups in total. The number of sulfone groups is 1. The molecule has 27 heavy (non-hydrogen) atoms.